The zero-order chi connectivity index (χ0) is 16.4. The number of aromatic nitrogens is 4. The van der Waals surface area contributed by atoms with Crippen LogP contribution in [0.3, 0.4) is 0 Å². The first-order chi connectivity index (χ1) is 11.8. The van der Waals surface area contributed by atoms with Crippen LogP contribution in [0.2, 0.25) is 0 Å². The number of hydrogen-bond donors (Lipinski definition) is 0. The second-order valence-corrected chi connectivity index (χ2v) is 6.29. The Labute approximate surface area is 142 Å². The van der Waals surface area contributed by atoms with Crippen molar-refractivity contribution in [3.63, 3.8) is 0 Å². The lowest BCUT2D eigenvalue weighted by molar-refractivity contribution is 0.277. The maximum Gasteiger partial charge on any atom is 0.115 e. The van der Waals surface area contributed by atoms with Crippen molar-refractivity contribution in [3.05, 3.63) is 65.9 Å². The van der Waals surface area contributed by atoms with Crippen LogP contribution < -0.4 is 0 Å². The minimum absolute atomic E-state index is 0.901. The summed E-state index contributed by atoms with van der Waals surface area (Å²) >= 11 is 0. The number of rotatable bonds is 3. The minimum Gasteiger partial charge on any atom is -0.298 e. The molecule has 4 rings (SSSR count). The first-order valence-corrected chi connectivity index (χ1v) is 8.37. The number of nitrogens with zero attached hydrogens (tertiary/aromatic N) is 5. The SMILES string of the molecule is Cn1nc2c(c1-c1ccccc1)CCN(Cc1cncnc1)CC2. The molecule has 0 fully saturated rings. The van der Waals surface area contributed by atoms with Crippen LogP contribution in [0.25, 0.3) is 11.3 Å². The maximum absolute atomic E-state index is 4.79. The van der Waals surface area contributed by atoms with Gasteiger partial charge in [-0.25, -0.2) is 9.97 Å². The van der Waals surface area contributed by atoms with E-state index in [0.717, 1.165) is 32.5 Å². The topological polar surface area (TPSA) is 46.8 Å². The molecule has 2 aromatic heterocycles. The molecule has 1 aromatic carbocycles. The Balaban J connectivity index is 1.57. The smallest absolute Gasteiger partial charge is 0.115 e. The number of fused-ring (bicyclic) bond motifs is 1. The molecule has 24 heavy (non-hydrogen) atoms. The average molecular weight is 319 g/mol. The second-order valence-electron chi connectivity index (χ2n) is 6.29. The molecule has 5 nitrogen and oxygen atoms in total. The molecule has 0 spiro atoms. The number of hydrogen-bond acceptors (Lipinski definition) is 4. The van der Waals surface area contributed by atoms with Crippen molar-refractivity contribution in [1.82, 2.24) is 24.6 Å². The molecule has 0 radical (unpaired) electrons. The van der Waals surface area contributed by atoms with Gasteiger partial charge in [0.2, 0.25) is 0 Å². The van der Waals surface area contributed by atoms with Crippen LogP contribution in [-0.4, -0.2) is 37.7 Å². The van der Waals surface area contributed by atoms with E-state index >= 15 is 0 Å². The van der Waals surface area contributed by atoms with Crippen molar-refractivity contribution in [3.8, 4) is 11.3 Å². The Hall–Kier alpha value is -2.53. The van der Waals surface area contributed by atoms with E-state index in [1.54, 1.807) is 6.33 Å². The highest BCUT2D eigenvalue weighted by molar-refractivity contribution is 5.64. The quantitative estimate of drug-likeness (QED) is 0.744. The van der Waals surface area contributed by atoms with Crippen molar-refractivity contribution < 1.29 is 0 Å². The highest BCUT2D eigenvalue weighted by Crippen LogP contribution is 2.28. The lowest BCUT2D eigenvalue weighted by Gasteiger charge is -2.19. The van der Waals surface area contributed by atoms with Crippen LogP contribution in [0, 0.1) is 0 Å². The van der Waals surface area contributed by atoms with Crippen LogP contribution in [0.4, 0.5) is 0 Å². The molecule has 0 N–H and O–H groups in total. The highest BCUT2D eigenvalue weighted by Gasteiger charge is 2.22. The van der Waals surface area contributed by atoms with Gasteiger partial charge in [0, 0.05) is 62.2 Å². The Morgan fingerprint density at radius 3 is 2.54 bits per heavy atom. The Morgan fingerprint density at radius 1 is 1.00 bits per heavy atom. The van der Waals surface area contributed by atoms with E-state index in [1.165, 1.54) is 28.1 Å². The molecule has 1 aliphatic rings. The van der Waals surface area contributed by atoms with E-state index in [2.05, 4.69) is 52.2 Å². The molecule has 3 heterocycles. The lowest BCUT2D eigenvalue weighted by atomic mass is 10.0. The Kier molecular flexibility index (Phi) is 4.09. The predicted molar refractivity (Wildman–Crippen MR) is 93.4 cm³/mol. The van der Waals surface area contributed by atoms with Gasteiger partial charge in [0.05, 0.1) is 11.4 Å². The summed E-state index contributed by atoms with van der Waals surface area (Å²) in [5.74, 6) is 0. The summed E-state index contributed by atoms with van der Waals surface area (Å²) in [4.78, 5) is 10.7. The van der Waals surface area contributed by atoms with Gasteiger partial charge in [0.1, 0.15) is 6.33 Å². The van der Waals surface area contributed by atoms with Gasteiger partial charge in [0.25, 0.3) is 0 Å². The Morgan fingerprint density at radius 2 is 1.75 bits per heavy atom. The third-order valence-corrected chi connectivity index (χ3v) is 4.64. The van der Waals surface area contributed by atoms with Crippen molar-refractivity contribution in [2.24, 2.45) is 7.05 Å². The molecule has 0 bridgehead atoms. The zero-order valence-electron chi connectivity index (χ0n) is 13.9. The Bertz CT molecular complexity index is 811. The molecule has 122 valence electrons. The van der Waals surface area contributed by atoms with Gasteiger partial charge in [0.15, 0.2) is 0 Å². The van der Waals surface area contributed by atoms with Gasteiger partial charge < -0.3 is 0 Å². The molecule has 0 saturated heterocycles. The minimum atomic E-state index is 0.901. The summed E-state index contributed by atoms with van der Waals surface area (Å²) in [6, 6.07) is 10.6. The van der Waals surface area contributed by atoms with Gasteiger partial charge >= 0.3 is 0 Å². The molecule has 0 atom stereocenters. The predicted octanol–water partition coefficient (Wildman–Crippen LogP) is 2.48. The van der Waals surface area contributed by atoms with Crippen LogP contribution in [0.5, 0.6) is 0 Å². The number of benzene rings is 1. The van der Waals surface area contributed by atoms with E-state index in [9.17, 15) is 0 Å². The fraction of sp³-hybridized carbons (Fsp3) is 0.316. The average Bonchev–Trinajstić information content (AvgIpc) is 2.82. The van der Waals surface area contributed by atoms with Crippen LogP contribution >= 0.6 is 0 Å². The summed E-state index contributed by atoms with van der Waals surface area (Å²) in [7, 11) is 2.05. The maximum atomic E-state index is 4.79. The molecule has 0 aliphatic carbocycles. The molecule has 0 unspecified atom stereocenters. The number of aryl methyl sites for hydroxylation is 1. The van der Waals surface area contributed by atoms with Crippen LogP contribution in [-0.2, 0) is 26.4 Å². The van der Waals surface area contributed by atoms with E-state index in [4.69, 9.17) is 5.10 Å². The molecule has 0 amide bonds. The second kappa shape index (κ2) is 6.53. The van der Waals surface area contributed by atoms with Crippen LogP contribution in [0.15, 0.2) is 49.1 Å². The first-order valence-electron chi connectivity index (χ1n) is 8.37. The van der Waals surface area contributed by atoms with Crippen molar-refractivity contribution in [1.29, 1.82) is 0 Å². The third-order valence-electron chi connectivity index (χ3n) is 4.64. The molecule has 5 heteroatoms. The van der Waals surface area contributed by atoms with Gasteiger partial charge in [-0.2, -0.15) is 5.10 Å². The van der Waals surface area contributed by atoms with Crippen LogP contribution in [0.1, 0.15) is 16.8 Å². The lowest BCUT2D eigenvalue weighted by Crippen LogP contribution is -2.26. The third kappa shape index (κ3) is 2.95. The fourth-order valence-corrected chi connectivity index (χ4v) is 3.52. The van der Waals surface area contributed by atoms with Gasteiger partial charge in [-0.1, -0.05) is 30.3 Å². The highest BCUT2D eigenvalue weighted by atomic mass is 15.3. The van der Waals surface area contributed by atoms with Gasteiger partial charge in [-0.15, -0.1) is 0 Å². The molecular formula is C19H21N5. The van der Waals surface area contributed by atoms with E-state index in [1.807, 2.05) is 17.1 Å². The fourth-order valence-electron chi connectivity index (χ4n) is 3.52. The largest absolute Gasteiger partial charge is 0.298 e. The monoisotopic (exact) mass is 319 g/mol. The summed E-state index contributed by atoms with van der Waals surface area (Å²) < 4.78 is 2.04. The summed E-state index contributed by atoms with van der Waals surface area (Å²) in [6.45, 7) is 2.96. The van der Waals surface area contributed by atoms with Crippen molar-refractivity contribution >= 4 is 0 Å². The van der Waals surface area contributed by atoms with E-state index in [-0.39, 0.29) is 0 Å². The molecule has 1 aliphatic heterocycles. The standard InChI is InChI=1S/C19H21N5/c1-23-19(16-5-3-2-4-6-16)17-7-9-24(10-8-18(17)22-23)13-15-11-20-14-21-12-15/h2-6,11-12,14H,7-10,13H2,1H3. The van der Waals surface area contributed by atoms with E-state index in [0.29, 0.717) is 0 Å². The van der Waals surface area contributed by atoms with Gasteiger partial charge in [-0.05, 0) is 6.42 Å². The summed E-state index contributed by atoms with van der Waals surface area (Å²) in [6.07, 6.45) is 7.40. The normalized spacial score (nSPS) is 15.0. The first kappa shape index (κ1) is 15.0. The summed E-state index contributed by atoms with van der Waals surface area (Å²) in [5, 5.41) is 4.79. The zero-order valence-corrected chi connectivity index (χ0v) is 13.9. The van der Waals surface area contributed by atoms with Gasteiger partial charge in [-0.3, -0.25) is 9.58 Å². The summed E-state index contributed by atoms with van der Waals surface area (Å²) in [5.41, 5.74) is 6.31. The molecule has 0 saturated carbocycles. The van der Waals surface area contributed by atoms with Crippen molar-refractivity contribution in [2.75, 3.05) is 13.1 Å². The van der Waals surface area contributed by atoms with E-state index < -0.39 is 0 Å². The van der Waals surface area contributed by atoms with Crippen molar-refractivity contribution in [2.45, 2.75) is 19.4 Å². The molecular weight excluding hydrogens is 298 g/mol. The molecule has 3 aromatic rings.